The lowest BCUT2D eigenvalue weighted by atomic mass is 9.89. The lowest BCUT2D eigenvalue weighted by Crippen LogP contribution is -2.34. The van der Waals surface area contributed by atoms with Crippen LogP contribution < -0.4 is 4.74 Å². The van der Waals surface area contributed by atoms with Crippen LogP contribution in [0.25, 0.3) is 6.08 Å². The summed E-state index contributed by atoms with van der Waals surface area (Å²) in [6.45, 7) is 1.08. The highest BCUT2D eigenvalue weighted by atomic mass is 32.2. The average molecular weight is 408 g/mol. The average Bonchev–Trinajstić information content (AvgIpc) is 3.02. The van der Waals surface area contributed by atoms with Crippen LogP contribution in [0.2, 0.25) is 0 Å². The van der Waals surface area contributed by atoms with Gasteiger partial charge in [0, 0.05) is 6.54 Å². The van der Waals surface area contributed by atoms with Gasteiger partial charge in [-0.05, 0) is 59.9 Å². The van der Waals surface area contributed by atoms with Gasteiger partial charge in [0.25, 0.3) is 11.1 Å². The summed E-state index contributed by atoms with van der Waals surface area (Å²) in [4.78, 5) is 27.0. The van der Waals surface area contributed by atoms with Crippen LogP contribution in [0.3, 0.4) is 0 Å². The Kier molecular flexibility index (Phi) is 6.35. The molecule has 0 bridgehead atoms. The van der Waals surface area contributed by atoms with E-state index in [1.54, 1.807) is 6.08 Å². The fraction of sp³-hybridized carbons (Fsp3) is 0.333. The van der Waals surface area contributed by atoms with E-state index in [2.05, 4.69) is 0 Å². The van der Waals surface area contributed by atoms with Crippen molar-refractivity contribution in [3.8, 4) is 5.75 Å². The van der Waals surface area contributed by atoms with Gasteiger partial charge < -0.3 is 4.74 Å². The molecule has 2 aromatic rings. The molecule has 1 heterocycles. The van der Waals surface area contributed by atoms with Crippen LogP contribution in [-0.2, 0) is 11.4 Å². The normalized spacial score (nSPS) is 19.2. The Morgan fingerprint density at radius 3 is 2.41 bits per heavy atom. The molecule has 1 saturated carbocycles. The molecule has 0 unspecified atom stereocenters. The summed E-state index contributed by atoms with van der Waals surface area (Å²) >= 11 is 1.04. The third-order valence-electron chi connectivity index (χ3n) is 5.47. The van der Waals surface area contributed by atoms with Crippen molar-refractivity contribution in [1.29, 1.82) is 0 Å². The van der Waals surface area contributed by atoms with E-state index in [0.29, 0.717) is 24.0 Å². The molecule has 0 radical (unpaired) electrons. The molecule has 0 atom stereocenters. The summed E-state index contributed by atoms with van der Waals surface area (Å²) in [6, 6.07) is 17.6. The van der Waals surface area contributed by atoms with Crippen molar-refractivity contribution < 1.29 is 14.3 Å². The summed E-state index contributed by atoms with van der Waals surface area (Å²) in [5.74, 6) is 1.07. The van der Waals surface area contributed by atoms with E-state index in [1.165, 1.54) is 24.2 Å². The molecule has 2 fully saturated rings. The van der Waals surface area contributed by atoms with Crippen molar-refractivity contribution in [1.82, 2.24) is 4.90 Å². The molecule has 0 aromatic heterocycles. The van der Waals surface area contributed by atoms with Gasteiger partial charge in [0.2, 0.25) is 0 Å². The molecule has 4 nitrogen and oxygen atoms in total. The van der Waals surface area contributed by atoms with Crippen LogP contribution in [0.1, 0.15) is 43.2 Å². The van der Waals surface area contributed by atoms with Crippen molar-refractivity contribution >= 4 is 29.0 Å². The largest absolute Gasteiger partial charge is 0.489 e. The molecule has 2 aliphatic rings. The standard InChI is InChI=1S/C24H25NO3S/c26-23-22(29-24(27)25(23)16-19-7-3-1-4-8-19)15-18-11-13-21(14-12-18)28-17-20-9-5-2-6-10-20/h2,5-6,9-15,19H,1,3-4,7-8,16-17H2/b22-15+. The van der Waals surface area contributed by atoms with E-state index in [9.17, 15) is 9.59 Å². The molecule has 2 amide bonds. The number of hydrogen-bond acceptors (Lipinski definition) is 4. The summed E-state index contributed by atoms with van der Waals surface area (Å²) in [6.07, 6.45) is 7.71. The van der Waals surface area contributed by atoms with Gasteiger partial charge in [-0.3, -0.25) is 14.5 Å². The van der Waals surface area contributed by atoms with Crippen molar-refractivity contribution in [2.75, 3.05) is 6.54 Å². The van der Waals surface area contributed by atoms with Gasteiger partial charge in [-0.15, -0.1) is 0 Å². The zero-order valence-electron chi connectivity index (χ0n) is 16.4. The van der Waals surface area contributed by atoms with Crippen LogP contribution in [0.15, 0.2) is 59.5 Å². The lowest BCUT2D eigenvalue weighted by Gasteiger charge is -2.25. The molecular weight excluding hydrogens is 382 g/mol. The first kappa shape index (κ1) is 19.8. The third-order valence-corrected chi connectivity index (χ3v) is 6.37. The van der Waals surface area contributed by atoms with Crippen LogP contribution >= 0.6 is 11.8 Å². The molecule has 1 aliphatic heterocycles. The Morgan fingerprint density at radius 1 is 0.966 bits per heavy atom. The maximum absolute atomic E-state index is 12.7. The highest BCUT2D eigenvalue weighted by Gasteiger charge is 2.36. The van der Waals surface area contributed by atoms with Gasteiger partial charge in [0.15, 0.2) is 0 Å². The minimum Gasteiger partial charge on any atom is -0.489 e. The molecular formula is C24H25NO3S. The SMILES string of the molecule is O=C1S/C(=C/c2ccc(OCc3ccccc3)cc2)C(=O)N1CC1CCCCC1. The second-order valence-corrected chi connectivity index (χ2v) is 8.63. The number of hydrogen-bond donors (Lipinski definition) is 0. The number of amides is 2. The predicted molar refractivity (Wildman–Crippen MR) is 116 cm³/mol. The quantitative estimate of drug-likeness (QED) is 0.561. The van der Waals surface area contributed by atoms with Crippen LogP contribution in [0.4, 0.5) is 4.79 Å². The van der Waals surface area contributed by atoms with E-state index >= 15 is 0 Å². The zero-order valence-corrected chi connectivity index (χ0v) is 17.2. The monoisotopic (exact) mass is 407 g/mol. The maximum atomic E-state index is 12.7. The number of carbonyl (C=O) groups excluding carboxylic acids is 2. The van der Waals surface area contributed by atoms with E-state index in [-0.39, 0.29) is 11.1 Å². The fourth-order valence-corrected chi connectivity index (χ4v) is 4.69. The molecule has 4 rings (SSSR count). The first-order valence-electron chi connectivity index (χ1n) is 10.2. The predicted octanol–water partition coefficient (Wildman–Crippen LogP) is 5.88. The first-order chi connectivity index (χ1) is 14.2. The number of nitrogens with zero attached hydrogens (tertiary/aromatic N) is 1. The number of carbonyl (C=O) groups is 2. The lowest BCUT2D eigenvalue weighted by molar-refractivity contribution is -0.123. The second kappa shape index (κ2) is 9.31. The van der Waals surface area contributed by atoms with E-state index < -0.39 is 0 Å². The highest BCUT2D eigenvalue weighted by molar-refractivity contribution is 8.18. The summed E-state index contributed by atoms with van der Waals surface area (Å²) in [5, 5.41) is -0.144. The van der Waals surface area contributed by atoms with Gasteiger partial charge in [0.1, 0.15) is 12.4 Å². The minimum absolute atomic E-state index is 0.144. The smallest absolute Gasteiger partial charge is 0.293 e. The van der Waals surface area contributed by atoms with E-state index in [4.69, 9.17) is 4.74 Å². The summed E-state index contributed by atoms with van der Waals surface area (Å²) in [5.41, 5.74) is 2.00. The number of rotatable bonds is 6. The van der Waals surface area contributed by atoms with Crippen LogP contribution in [0, 0.1) is 5.92 Å². The van der Waals surface area contributed by atoms with E-state index in [1.807, 2.05) is 54.6 Å². The number of thioether (sulfide) groups is 1. The Bertz CT molecular complexity index is 886. The van der Waals surface area contributed by atoms with Gasteiger partial charge in [0.05, 0.1) is 4.91 Å². The molecule has 1 aliphatic carbocycles. The topological polar surface area (TPSA) is 46.6 Å². The van der Waals surface area contributed by atoms with Crippen LogP contribution in [-0.4, -0.2) is 22.6 Å². The first-order valence-corrected chi connectivity index (χ1v) is 11.0. The molecule has 0 spiro atoms. The molecule has 150 valence electrons. The molecule has 1 saturated heterocycles. The Balaban J connectivity index is 1.37. The zero-order chi connectivity index (χ0) is 20.1. The molecule has 5 heteroatoms. The highest BCUT2D eigenvalue weighted by Crippen LogP contribution is 2.35. The molecule has 29 heavy (non-hydrogen) atoms. The Labute approximate surface area is 175 Å². The summed E-state index contributed by atoms with van der Waals surface area (Å²) in [7, 11) is 0. The maximum Gasteiger partial charge on any atom is 0.293 e. The third kappa shape index (κ3) is 5.10. The van der Waals surface area contributed by atoms with Gasteiger partial charge >= 0.3 is 0 Å². The Hall–Kier alpha value is -2.53. The van der Waals surface area contributed by atoms with Crippen molar-refractivity contribution in [3.63, 3.8) is 0 Å². The summed E-state index contributed by atoms with van der Waals surface area (Å²) < 4.78 is 5.80. The van der Waals surface area contributed by atoms with Gasteiger partial charge in [-0.25, -0.2) is 0 Å². The minimum atomic E-state index is -0.157. The number of imide groups is 1. The van der Waals surface area contributed by atoms with Crippen molar-refractivity contribution in [3.05, 3.63) is 70.6 Å². The molecule has 2 aromatic carbocycles. The fourth-order valence-electron chi connectivity index (χ4n) is 3.84. The van der Waals surface area contributed by atoms with Crippen molar-refractivity contribution in [2.45, 2.75) is 38.7 Å². The number of benzene rings is 2. The van der Waals surface area contributed by atoms with E-state index in [0.717, 1.165) is 41.5 Å². The van der Waals surface area contributed by atoms with Gasteiger partial charge in [-0.2, -0.15) is 0 Å². The molecule has 0 N–H and O–H groups in total. The number of ether oxygens (including phenoxy) is 1. The van der Waals surface area contributed by atoms with Crippen molar-refractivity contribution in [2.24, 2.45) is 5.92 Å². The second-order valence-electron chi connectivity index (χ2n) is 7.64. The Morgan fingerprint density at radius 2 is 1.69 bits per heavy atom. The van der Waals surface area contributed by atoms with Gasteiger partial charge in [-0.1, -0.05) is 61.7 Å². The van der Waals surface area contributed by atoms with Crippen LogP contribution in [0.5, 0.6) is 5.75 Å².